The van der Waals surface area contributed by atoms with Crippen LogP contribution in [0.1, 0.15) is 51.1 Å². The molecule has 0 radical (unpaired) electrons. The Morgan fingerprint density at radius 1 is 1.30 bits per heavy atom. The largest absolute Gasteiger partial charge is 0.466 e. The number of carbonyl (C=O) groups excluding carboxylic acids is 1. The lowest BCUT2D eigenvalue weighted by molar-refractivity contribution is 0.0788. The van der Waals surface area contributed by atoms with Crippen LogP contribution in [0, 0.1) is 6.92 Å². The molecule has 2 aromatic heterocycles. The highest BCUT2D eigenvalue weighted by Crippen LogP contribution is 2.33. The predicted molar refractivity (Wildman–Crippen MR) is 91.0 cm³/mol. The second-order valence-corrected chi connectivity index (χ2v) is 7.65. The number of thiophene rings is 1. The van der Waals surface area contributed by atoms with Gasteiger partial charge in [0.15, 0.2) is 0 Å². The van der Waals surface area contributed by atoms with E-state index < -0.39 is 0 Å². The van der Waals surface area contributed by atoms with Gasteiger partial charge in [0.05, 0.1) is 11.5 Å². The van der Waals surface area contributed by atoms with E-state index in [0.29, 0.717) is 13.1 Å². The van der Waals surface area contributed by atoms with Crippen LogP contribution in [0.25, 0.3) is 0 Å². The van der Waals surface area contributed by atoms with E-state index in [-0.39, 0.29) is 17.9 Å². The number of likely N-dealkylation sites (tertiary alicyclic amines) is 1. The Kier molecular flexibility index (Phi) is 3.77. The summed E-state index contributed by atoms with van der Waals surface area (Å²) in [6.07, 6.45) is 4.61. The molecule has 23 heavy (non-hydrogen) atoms. The molecule has 0 unspecified atom stereocenters. The van der Waals surface area contributed by atoms with Crippen molar-refractivity contribution in [1.29, 1.82) is 0 Å². The molecule has 0 spiro atoms. The van der Waals surface area contributed by atoms with Crippen molar-refractivity contribution in [3.63, 3.8) is 0 Å². The third kappa shape index (κ3) is 2.62. The Labute approximate surface area is 140 Å². The van der Waals surface area contributed by atoms with Gasteiger partial charge in [-0.15, -0.1) is 11.3 Å². The summed E-state index contributed by atoms with van der Waals surface area (Å²) >= 11 is 1.74. The SMILES string of the molecule is Cc1ccc([C@@H]2CN(C(=O)c3csc4c3CCCC4)C[C@H]2N)o1. The van der Waals surface area contributed by atoms with E-state index in [0.717, 1.165) is 29.9 Å². The lowest BCUT2D eigenvalue weighted by Gasteiger charge is -2.18. The van der Waals surface area contributed by atoms with Gasteiger partial charge in [0.2, 0.25) is 0 Å². The maximum atomic E-state index is 13.0. The third-order valence-electron chi connectivity index (χ3n) is 5.07. The van der Waals surface area contributed by atoms with E-state index in [1.54, 1.807) is 11.3 Å². The minimum Gasteiger partial charge on any atom is -0.466 e. The molecule has 2 aliphatic rings. The average molecular weight is 330 g/mol. The molecule has 5 heteroatoms. The molecule has 4 rings (SSSR count). The molecule has 2 aromatic rings. The maximum absolute atomic E-state index is 13.0. The van der Waals surface area contributed by atoms with E-state index in [9.17, 15) is 4.79 Å². The Morgan fingerprint density at radius 2 is 2.13 bits per heavy atom. The number of furan rings is 1. The van der Waals surface area contributed by atoms with Crippen LogP contribution in [0.3, 0.4) is 0 Å². The summed E-state index contributed by atoms with van der Waals surface area (Å²) < 4.78 is 5.73. The van der Waals surface area contributed by atoms with Gasteiger partial charge in [-0.3, -0.25) is 4.79 Å². The van der Waals surface area contributed by atoms with Crippen molar-refractivity contribution in [2.75, 3.05) is 13.1 Å². The van der Waals surface area contributed by atoms with Gasteiger partial charge >= 0.3 is 0 Å². The molecule has 0 aromatic carbocycles. The summed E-state index contributed by atoms with van der Waals surface area (Å²) in [6, 6.07) is 3.89. The number of hydrogen-bond donors (Lipinski definition) is 1. The lowest BCUT2D eigenvalue weighted by Crippen LogP contribution is -2.32. The second kappa shape index (κ2) is 5.80. The highest BCUT2D eigenvalue weighted by Gasteiger charge is 2.37. The Morgan fingerprint density at radius 3 is 2.91 bits per heavy atom. The van der Waals surface area contributed by atoms with Crippen LogP contribution in [0.4, 0.5) is 0 Å². The first-order valence-corrected chi connectivity index (χ1v) is 9.22. The number of aryl methyl sites for hydroxylation is 2. The molecule has 1 aliphatic heterocycles. The van der Waals surface area contributed by atoms with Crippen molar-refractivity contribution in [2.45, 2.75) is 44.6 Å². The van der Waals surface area contributed by atoms with E-state index in [1.807, 2.05) is 29.3 Å². The van der Waals surface area contributed by atoms with Crippen molar-refractivity contribution in [3.05, 3.63) is 45.0 Å². The molecule has 1 aliphatic carbocycles. The zero-order valence-corrected chi connectivity index (χ0v) is 14.2. The molecule has 3 heterocycles. The fourth-order valence-electron chi connectivity index (χ4n) is 3.79. The fourth-order valence-corrected chi connectivity index (χ4v) is 4.91. The lowest BCUT2D eigenvalue weighted by atomic mass is 9.95. The quantitative estimate of drug-likeness (QED) is 0.920. The first-order valence-electron chi connectivity index (χ1n) is 8.34. The summed E-state index contributed by atoms with van der Waals surface area (Å²) in [6.45, 7) is 3.19. The van der Waals surface area contributed by atoms with Gasteiger partial charge in [0.25, 0.3) is 5.91 Å². The zero-order chi connectivity index (χ0) is 16.0. The number of amides is 1. The zero-order valence-electron chi connectivity index (χ0n) is 13.4. The average Bonchev–Trinajstić information content (AvgIpc) is 3.24. The summed E-state index contributed by atoms with van der Waals surface area (Å²) in [7, 11) is 0. The summed E-state index contributed by atoms with van der Waals surface area (Å²) in [5.41, 5.74) is 8.49. The molecule has 0 bridgehead atoms. The fraction of sp³-hybridized carbons (Fsp3) is 0.500. The van der Waals surface area contributed by atoms with Crippen molar-refractivity contribution < 1.29 is 9.21 Å². The Hall–Kier alpha value is -1.59. The van der Waals surface area contributed by atoms with E-state index in [1.165, 1.54) is 23.3 Å². The highest BCUT2D eigenvalue weighted by atomic mass is 32.1. The van der Waals surface area contributed by atoms with Crippen LogP contribution >= 0.6 is 11.3 Å². The van der Waals surface area contributed by atoms with E-state index in [4.69, 9.17) is 10.2 Å². The van der Waals surface area contributed by atoms with Gasteiger partial charge in [-0.25, -0.2) is 0 Å². The third-order valence-corrected chi connectivity index (χ3v) is 6.16. The normalized spacial score (nSPS) is 24.0. The molecular formula is C18H22N2O2S. The molecule has 1 fully saturated rings. The van der Waals surface area contributed by atoms with Gasteiger partial charge < -0.3 is 15.1 Å². The van der Waals surface area contributed by atoms with Crippen LogP contribution in [-0.2, 0) is 12.8 Å². The van der Waals surface area contributed by atoms with Crippen LogP contribution in [0.15, 0.2) is 21.9 Å². The van der Waals surface area contributed by atoms with Gasteiger partial charge in [0, 0.05) is 29.4 Å². The molecule has 1 saturated heterocycles. The van der Waals surface area contributed by atoms with E-state index in [2.05, 4.69) is 0 Å². The number of hydrogen-bond acceptors (Lipinski definition) is 4. The predicted octanol–water partition coefficient (Wildman–Crippen LogP) is 3.10. The molecule has 2 atom stereocenters. The molecular weight excluding hydrogens is 308 g/mol. The molecule has 122 valence electrons. The summed E-state index contributed by atoms with van der Waals surface area (Å²) in [4.78, 5) is 16.3. The van der Waals surface area contributed by atoms with Crippen LogP contribution in [0.5, 0.6) is 0 Å². The topological polar surface area (TPSA) is 59.5 Å². The number of fused-ring (bicyclic) bond motifs is 1. The van der Waals surface area contributed by atoms with Crippen molar-refractivity contribution in [1.82, 2.24) is 4.90 Å². The standard InChI is InChI=1S/C18H22N2O2S/c1-11-6-7-16(22-11)13-8-20(9-15(13)19)18(21)14-10-23-17-5-3-2-4-12(14)17/h6-7,10,13,15H,2-5,8-9,19H2,1H3/t13-,15-/m1/s1. The van der Waals surface area contributed by atoms with Crippen LogP contribution in [0.2, 0.25) is 0 Å². The highest BCUT2D eigenvalue weighted by molar-refractivity contribution is 7.10. The Bertz CT molecular complexity index is 733. The first kappa shape index (κ1) is 15.0. The molecule has 1 amide bonds. The maximum Gasteiger partial charge on any atom is 0.255 e. The molecule has 0 saturated carbocycles. The summed E-state index contributed by atoms with van der Waals surface area (Å²) in [5, 5.41) is 2.05. The number of rotatable bonds is 2. The van der Waals surface area contributed by atoms with Crippen molar-refractivity contribution in [2.24, 2.45) is 5.73 Å². The molecule has 4 nitrogen and oxygen atoms in total. The monoisotopic (exact) mass is 330 g/mol. The van der Waals surface area contributed by atoms with Gasteiger partial charge in [-0.05, 0) is 50.3 Å². The van der Waals surface area contributed by atoms with E-state index >= 15 is 0 Å². The van der Waals surface area contributed by atoms with Crippen molar-refractivity contribution in [3.8, 4) is 0 Å². The number of nitrogens with zero attached hydrogens (tertiary/aromatic N) is 1. The van der Waals surface area contributed by atoms with Gasteiger partial charge in [-0.1, -0.05) is 0 Å². The second-order valence-electron chi connectivity index (χ2n) is 6.69. The van der Waals surface area contributed by atoms with Gasteiger partial charge in [0.1, 0.15) is 11.5 Å². The van der Waals surface area contributed by atoms with Crippen LogP contribution < -0.4 is 5.73 Å². The minimum absolute atomic E-state index is 0.0565. The van der Waals surface area contributed by atoms with Crippen LogP contribution in [-0.4, -0.2) is 29.9 Å². The minimum atomic E-state index is -0.0565. The smallest absolute Gasteiger partial charge is 0.255 e. The number of carbonyl (C=O) groups is 1. The van der Waals surface area contributed by atoms with Gasteiger partial charge in [-0.2, -0.15) is 0 Å². The first-order chi connectivity index (χ1) is 11.1. The molecule has 2 N–H and O–H groups in total. The number of nitrogens with two attached hydrogens (primary N) is 1. The van der Waals surface area contributed by atoms with Crippen molar-refractivity contribution >= 4 is 17.2 Å². The Balaban J connectivity index is 1.55. The summed E-state index contributed by atoms with van der Waals surface area (Å²) in [5.74, 6) is 2.04.